The Morgan fingerprint density at radius 3 is 2.31 bits per heavy atom. The van der Waals surface area contributed by atoms with Crippen LogP contribution in [0.3, 0.4) is 0 Å². The predicted octanol–water partition coefficient (Wildman–Crippen LogP) is 1.70. The van der Waals surface area contributed by atoms with Gasteiger partial charge in [-0.2, -0.15) is 5.10 Å². The molecule has 2 atom stereocenters. The molecule has 1 saturated heterocycles. The summed E-state index contributed by atoms with van der Waals surface area (Å²) in [5, 5.41) is 4.22. The van der Waals surface area contributed by atoms with Crippen molar-refractivity contribution in [3.63, 3.8) is 0 Å². The zero-order valence-corrected chi connectivity index (χ0v) is 18.0. The molecule has 2 amide bonds. The average molecular weight is 398 g/mol. The highest BCUT2D eigenvalue weighted by Gasteiger charge is 2.40. The SMILES string of the molecule is CC(=O)N1C[C@H](C(=O)N(C)C)[C@@H](c2ccc(CN(C)Cc3ccnn3C)cc2)C1. The van der Waals surface area contributed by atoms with Gasteiger partial charge in [0.25, 0.3) is 0 Å². The molecule has 7 heteroatoms. The quantitative estimate of drug-likeness (QED) is 0.744. The number of aromatic nitrogens is 2. The van der Waals surface area contributed by atoms with E-state index < -0.39 is 0 Å². The van der Waals surface area contributed by atoms with Gasteiger partial charge in [-0.1, -0.05) is 24.3 Å². The number of carbonyl (C=O) groups excluding carboxylic acids is 2. The molecule has 1 aliphatic rings. The minimum Gasteiger partial charge on any atom is -0.349 e. The Bertz CT molecular complexity index is 858. The Balaban J connectivity index is 1.69. The van der Waals surface area contributed by atoms with E-state index >= 15 is 0 Å². The summed E-state index contributed by atoms with van der Waals surface area (Å²) in [5.41, 5.74) is 3.51. The summed E-state index contributed by atoms with van der Waals surface area (Å²) in [6.07, 6.45) is 1.81. The fourth-order valence-electron chi connectivity index (χ4n) is 4.05. The molecule has 0 aliphatic carbocycles. The molecule has 0 saturated carbocycles. The maximum absolute atomic E-state index is 12.7. The summed E-state index contributed by atoms with van der Waals surface area (Å²) in [6, 6.07) is 10.5. The number of benzene rings is 1. The molecular formula is C22H31N5O2. The molecule has 2 heterocycles. The van der Waals surface area contributed by atoms with Crippen LogP contribution < -0.4 is 0 Å². The number of hydrogen-bond donors (Lipinski definition) is 0. The van der Waals surface area contributed by atoms with Crippen molar-refractivity contribution in [2.24, 2.45) is 13.0 Å². The lowest BCUT2D eigenvalue weighted by molar-refractivity contribution is -0.133. The van der Waals surface area contributed by atoms with Crippen molar-refractivity contribution in [2.75, 3.05) is 34.2 Å². The van der Waals surface area contributed by atoms with Gasteiger partial charge in [0.1, 0.15) is 0 Å². The highest BCUT2D eigenvalue weighted by Crippen LogP contribution is 2.34. The lowest BCUT2D eigenvalue weighted by Crippen LogP contribution is -2.34. The van der Waals surface area contributed by atoms with E-state index in [4.69, 9.17) is 0 Å². The Labute approximate surface area is 172 Å². The molecule has 3 rings (SSSR count). The first kappa shape index (κ1) is 21.0. The van der Waals surface area contributed by atoms with Gasteiger partial charge in [-0.25, -0.2) is 0 Å². The van der Waals surface area contributed by atoms with Crippen molar-refractivity contribution < 1.29 is 9.59 Å². The molecule has 0 radical (unpaired) electrons. The zero-order valence-electron chi connectivity index (χ0n) is 18.0. The first-order valence-electron chi connectivity index (χ1n) is 9.97. The maximum atomic E-state index is 12.7. The molecule has 1 fully saturated rings. The number of aryl methyl sites for hydroxylation is 1. The van der Waals surface area contributed by atoms with Crippen molar-refractivity contribution in [1.82, 2.24) is 24.5 Å². The maximum Gasteiger partial charge on any atom is 0.227 e. The van der Waals surface area contributed by atoms with Crippen LogP contribution in [-0.4, -0.2) is 70.5 Å². The van der Waals surface area contributed by atoms with Crippen molar-refractivity contribution >= 4 is 11.8 Å². The third kappa shape index (κ3) is 4.85. The second-order valence-corrected chi connectivity index (χ2v) is 8.23. The van der Waals surface area contributed by atoms with Gasteiger partial charge in [-0.05, 0) is 24.2 Å². The Hall–Kier alpha value is -2.67. The van der Waals surface area contributed by atoms with E-state index in [0.717, 1.165) is 18.7 Å². The van der Waals surface area contributed by atoms with E-state index in [-0.39, 0.29) is 23.7 Å². The van der Waals surface area contributed by atoms with Crippen LogP contribution in [0.5, 0.6) is 0 Å². The van der Waals surface area contributed by atoms with Crippen LogP contribution in [0.4, 0.5) is 0 Å². The summed E-state index contributed by atoms with van der Waals surface area (Å²) in [6.45, 7) is 4.32. The zero-order chi connectivity index (χ0) is 21.1. The lowest BCUT2D eigenvalue weighted by atomic mass is 9.87. The third-order valence-electron chi connectivity index (χ3n) is 5.74. The van der Waals surface area contributed by atoms with Crippen LogP contribution in [0.15, 0.2) is 36.5 Å². The number of rotatable bonds is 6. The Kier molecular flexibility index (Phi) is 6.37. The van der Waals surface area contributed by atoms with Gasteiger partial charge in [0.2, 0.25) is 11.8 Å². The molecule has 1 aromatic carbocycles. The second kappa shape index (κ2) is 8.78. The molecule has 0 spiro atoms. The summed E-state index contributed by atoms with van der Waals surface area (Å²) >= 11 is 0. The smallest absolute Gasteiger partial charge is 0.227 e. The molecule has 1 aliphatic heterocycles. The van der Waals surface area contributed by atoms with Gasteiger partial charge in [0, 0.05) is 66.4 Å². The minimum absolute atomic E-state index is 0.0254. The van der Waals surface area contributed by atoms with Crippen molar-refractivity contribution in [2.45, 2.75) is 25.9 Å². The van der Waals surface area contributed by atoms with E-state index in [0.29, 0.717) is 13.1 Å². The van der Waals surface area contributed by atoms with Crippen LogP contribution >= 0.6 is 0 Å². The topological polar surface area (TPSA) is 61.7 Å². The Morgan fingerprint density at radius 2 is 1.76 bits per heavy atom. The molecule has 0 bridgehead atoms. The van der Waals surface area contributed by atoms with Crippen LogP contribution in [0.1, 0.15) is 29.7 Å². The van der Waals surface area contributed by atoms with Crippen LogP contribution in [0, 0.1) is 5.92 Å². The van der Waals surface area contributed by atoms with E-state index in [9.17, 15) is 9.59 Å². The summed E-state index contributed by atoms with van der Waals surface area (Å²) in [5.74, 6) is -0.0431. The molecule has 1 aromatic heterocycles. The van der Waals surface area contributed by atoms with Crippen LogP contribution in [-0.2, 0) is 29.7 Å². The monoisotopic (exact) mass is 397 g/mol. The van der Waals surface area contributed by atoms with Crippen molar-refractivity contribution in [1.29, 1.82) is 0 Å². The number of amides is 2. The first-order valence-corrected chi connectivity index (χ1v) is 9.97. The van der Waals surface area contributed by atoms with Gasteiger partial charge >= 0.3 is 0 Å². The van der Waals surface area contributed by atoms with Crippen LogP contribution in [0.2, 0.25) is 0 Å². The minimum atomic E-state index is -0.188. The largest absolute Gasteiger partial charge is 0.349 e. The van der Waals surface area contributed by atoms with Gasteiger partial charge in [-0.15, -0.1) is 0 Å². The standard InChI is InChI=1S/C22H31N5O2/c1-16(28)27-14-20(21(15-27)22(29)24(2)3)18-8-6-17(7-9-18)12-25(4)13-19-10-11-23-26(19)5/h6-11,20-21H,12-15H2,1-5H3/t20-,21+/m1/s1. The Morgan fingerprint density at radius 1 is 1.07 bits per heavy atom. The number of nitrogens with zero attached hydrogens (tertiary/aromatic N) is 5. The predicted molar refractivity (Wildman–Crippen MR) is 112 cm³/mol. The summed E-state index contributed by atoms with van der Waals surface area (Å²) in [7, 11) is 7.60. The van der Waals surface area contributed by atoms with Gasteiger partial charge in [0.05, 0.1) is 11.6 Å². The highest BCUT2D eigenvalue weighted by atomic mass is 16.2. The number of likely N-dealkylation sites (tertiary alicyclic amines) is 1. The number of carbonyl (C=O) groups is 2. The fourth-order valence-corrected chi connectivity index (χ4v) is 4.05. The fraction of sp³-hybridized carbons (Fsp3) is 0.500. The molecule has 2 aromatic rings. The van der Waals surface area contributed by atoms with Gasteiger partial charge in [-0.3, -0.25) is 19.2 Å². The van der Waals surface area contributed by atoms with Crippen LogP contribution in [0.25, 0.3) is 0 Å². The first-order chi connectivity index (χ1) is 13.8. The van der Waals surface area contributed by atoms with E-state index in [2.05, 4.69) is 41.3 Å². The highest BCUT2D eigenvalue weighted by molar-refractivity contribution is 5.82. The van der Waals surface area contributed by atoms with Crippen molar-refractivity contribution in [3.05, 3.63) is 53.3 Å². The average Bonchev–Trinajstić information content (AvgIpc) is 3.28. The van der Waals surface area contributed by atoms with E-state index in [1.165, 1.54) is 11.3 Å². The normalized spacial score (nSPS) is 19.0. The molecule has 156 valence electrons. The summed E-state index contributed by atoms with van der Waals surface area (Å²) < 4.78 is 1.89. The summed E-state index contributed by atoms with van der Waals surface area (Å²) in [4.78, 5) is 30.2. The molecule has 0 N–H and O–H groups in total. The molecule has 7 nitrogen and oxygen atoms in total. The van der Waals surface area contributed by atoms with Gasteiger partial charge < -0.3 is 9.80 Å². The van der Waals surface area contributed by atoms with Gasteiger partial charge in [0.15, 0.2) is 0 Å². The second-order valence-electron chi connectivity index (χ2n) is 8.23. The van der Waals surface area contributed by atoms with Crippen molar-refractivity contribution in [3.8, 4) is 0 Å². The van der Waals surface area contributed by atoms with E-state index in [1.807, 2.05) is 24.0 Å². The molecule has 0 unspecified atom stereocenters. The van der Waals surface area contributed by atoms with E-state index in [1.54, 1.807) is 30.8 Å². The third-order valence-corrected chi connectivity index (χ3v) is 5.74. The lowest BCUT2D eigenvalue weighted by Gasteiger charge is -2.22. The number of hydrogen-bond acceptors (Lipinski definition) is 4. The molecular weight excluding hydrogens is 366 g/mol. The molecule has 29 heavy (non-hydrogen) atoms.